The van der Waals surface area contributed by atoms with Crippen LogP contribution >= 0.6 is 0 Å². The Morgan fingerprint density at radius 1 is 1.21 bits per heavy atom. The van der Waals surface area contributed by atoms with Crippen LogP contribution < -0.4 is 0 Å². The van der Waals surface area contributed by atoms with Crippen LogP contribution in [0.25, 0.3) is 0 Å². The third-order valence-corrected chi connectivity index (χ3v) is 3.27. The second kappa shape index (κ2) is 3.37. The minimum absolute atomic E-state index is 0.403. The molecule has 2 aliphatic rings. The third-order valence-electron chi connectivity index (χ3n) is 3.27. The van der Waals surface area contributed by atoms with Crippen LogP contribution in [0.1, 0.15) is 24.4 Å². The molecule has 2 aliphatic heterocycles. The monoisotopic (exact) mass is 189 g/mol. The quantitative estimate of drug-likeness (QED) is 0.671. The van der Waals surface area contributed by atoms with Gasteiger partial charge < -0.3 is 4.74 Å². The van der Waals surface area contributed by atoms with Gasteiger partial charge in [0, 0.05) is 6.54 Å². The molecule has 14 heavy (non-hydrogen) atoms. The Morgan fingerprint density at radius 3 is 2.93 bits per heavy atom. The van der Waals surface area contributed by atoms with Crippen LogP contribution in [0.15, 0.2) is 30.3 Å². The van der Waals surface area contributed by atoms with E-state index in [1.165, 1.54) is 24.9 Å². The number of nitrogens with zero attached hydrogens (tertiary/aromatic N) is 1. The molecule has 3 rings (SSSR count). The molecule has 0 N–H and O–H groups in total. The second-order valence-corrected chi connectivity index (χ2v) is 4.09. The highest BCUT2D eigenvalue weighted by molar-refractivity contribution is 5.20. The summed E-state index contributed by atoms with van der Waals surface area (Å²) < 4.78 is 5.77. The van der Waals surface area contributed by atoms with Gasteiger partial charge in [-0.05, 0) is 18.4 Å². The highest BCUT2D eigenvalue weighted by Gasteiger charge is 2.37. The zero-order chi connectivity index (χ0) is 9.38. The zero-order valence-corrected chi connectivity index (χ0v) is 8.23. The Balaban J connectivity index is 1.86. The van der Waals surface area contributed by atoms with Crippen LogP contribution in [0.5, 0.6) is 0 Å². The van der Waals surface area contributed by atoms with Crippen LogP contribution in [0.3, 0.4) is 0 Å². The minimum atomic E-state index is 0.403. The lowest BCUT2D eigenvalue weighted by Gasteiger charge is -2.21. The van der Waals surface area contributed by atoms with Gasteiger partial charge in [0.1, 0.15) is 6.23 Å². The Bertz CT molecular complexity index is 311. The van der Waals surface area contributed by atoms with Crippen LogP contribution in [-0.4, -0.2) is 24.3 Å². The summed E-state index contributed by atoms with van der Waals surface area (Å²) in [5.41, 5.74) is 1.40. The molecule has 74 valence electrons. The maximum absolute atomic E-state index is 5.77. The molecule has 2 heterocycles. The molecular weight excluding hydrogens is 174 g/mol. The molecule has 0 aromatic heterocycles. The van der Waals surface area contributed by atoms with Crippen molar-refractivity contribution < 1.29 is 4.74 Å². The number of fused-ring (bicyclic) bond motifs is 1. The molecular formula is C12H15NO. The standard InChI is InChI=1S/C12H15NO/c1-2-5-10(6-3-1)11-9-14-12-7-4-8-13(11)12/h1-3,5-6,11-12H,4,7-9H2/t11-,12-/m0/s1. The maximum Gasteiger partial charge on any atom is 0.111 e. The highest BCUT2D eigenvalue weighted by Crippen LogP contribution is 2.35. The first-order valence-corrected chi connectivity index (χ1v) is 5.37. The van der Waals surface area contributed by atoms with E-state index in [1.807, 2.05) is 0 Å². The summed E-state index contributed by atoms with van der Waals surface area (Å²) >= 11 is 0. The van der Waals surface area contributed by atoms with Crippen molar-refractivity contribution in [3.63, 3.8) is 0 Å². The van der Waals surface area contributed by atoms with E-state index in [0.717, 1.165) is 6.61 Å². The van der Waals surface area contributed by atoms with Crippen LogP contribution in [0.4, 0.5) is 0 Å². The van der Waals surface area contributed by atoms with E-state index >= 15 is 0 Å². The maximum atomic E-state index is 5.77. The van der Waals surface area contributed by atoms with Crippen molar-refractivity contribution in [1.82, 2.24) is 4.90 Å². The molecule has 0 amide bonds. The molecule has 2 fully saturated rings. The average Bonchev–Trinajstić information content (AvgIpc) is 2.79. The fourth-order valence-corrected chi connectivity index (χ4v) is 2.55. The van der Waals surface area contributed by atoms with E-state index in [0.29, 0.717) is 12.3 Å². The molecule has 2 atom stereocenters. The number of hydrogen-bond acceptors (Lipinski definition) is 2. The van der Waals surface area contributed by atoms with E-state index in [2.05, 4.69) is 35.2 Å². The third kappa shape index (κ3) is 1.26. The van der Waals surface area contributed by atoms with Crippen molar-refractivity contribution in [1.29, 1.82) is 0 Å². The lowest BCUT2D eigenvalue weighted by molar-refractivity contribution is 0.0589. The molecule has 0 bridgehead atoms. The average molecular weight is 189 g/mol. The van der Waals surface area contributed by atoms with Crippen molar-refractivity contribution in [2.45, 2.75) is 25.1 Å². The van der Waals surface area contributed by atoms with Gasteiger partial charge in [-0.2, -0.15) is 0 Å². The number of hydrogen-bond donors (Lipinski definition) is 0. The summed E-state index contributed by atoms with van der Waals surface area (Å²) in [7, 11) is 0. The second-order valence-electron chi connectivity index (χ2n) is 4.09. The molecule has 2 nitrogen and oxygen atoms in total. The molecule has 1 aromatic carbocycles. The molecule has 0 aliphatic carbocycles. The van der Waals surface area contributed by atoms with Crippen LogP contribution in [0, 0.1) is 0 Å². The van der Waals surface area contributed by atoms with E-state index < -0.39 is 0 Å². The fraction of sp³-hybridized carbons (Fsp3) is 0.500. The Kier molecular flexibility index (Phi) is 2.03. The first kappa shape index (κ1) is 8.45. The molecule has 0 unspecified atom stereocenters. The van der Waals surface area contributed by atoms with Gasteiger partial charge in [0.2, 0.25) is 0 Å². The van der Waals surface area contributed by atoms with Crippen molar-refractivity contribution >= 4 is 0 Å². The van der Waals surface area contributed by atoms with E-state index in [9.17, 15) is 0 Å². The summed E-state index contributed by atoms with van der Waals surface area (Å²) in [5, 5.41) is 0. The lowest BCUT2D eigenvalue weighted by Crippen LogP contribution is -2.26. The zero-order valence-electron chi connectivity index (χ0n) is 8.23. The van der Waals surface area contributed by atoms with E-state index in [1.54, 1.807) is 0 Å². The first-order valence-electron chi connectivity index (χ1n) is 5.37. The first-order chi connectivity index (χ1) is 6.95. The van der Waals surface area contributed by atoms with Gasteiger partial charge in [-0.1, -0.05) is 30.3 Å². The van der Waals surface area contributed by atoms with Gasteiger partial charge in [-0.25, -0.2) is 0 Å². The molecule has 1 aromatic rings. The number of rotatable bonds is 1. The topological polar surface area (TPSA) is 12.5 Å². The largest absolute Gasteiger partial charge is 0.361 e. The van der Waals surface area contributed by atoms with Gasteiger partial charge in [-0.3, -0.25) is 4.90 Å². The van der Waals surface area contributed by atoms with E-state index in [4.69, 9.17) is 4.74 Å². The molecule has 0 spiro atoms. The molecule has 0 radical (unpaired) electrons. The SMILES string of the molecule is c1ccc([C@@H]2CO[C@H]3CCCN32)cc1. The fourth-order valence-electron chi connectivity index (χ4n) is 2.55. The van der Waals surface area contributed by atoms with Crippen molar-refractivity contribution in [3.05, 3.63) is 35.9 Å². The lowest BCUT2D eigenvalue weighted by atomic mass is 10.1. The van der Waals surface area contributed by atoms with Crippen LogP contribution in [-0.2, 0) is 4.74 Å². The number of benzene rings is 1. The molecule has 2 saturated heterocycles. The number of ether oxygens (including phenoxy) is 1. The summed E-state index contributed by atoms with van der Waals surface area (Å²) in [6, 6.07) is 11.2. The van der Waals surface area contributed by atoms with Gasteiger partial charge in [-0.15, -0.1) is 0 Å². The van der Waals surface area contributed by atoms with E-state index in [-0.39, 0.29) is 0 Å². The molecule has 2 heteroatoms. The highest BCUT2D eigenvalue weighted by atomic mass is 16.5. The predicted octanol–water partition coefficient (Wildman–Crippen LogP) is 2.18. The normalized spacial score (nSPS) is 32.0. The van der Waals surface area contributed by atoms with Gasteiger partial charge in [0.15, 0.2) is 0 Å². The van der Waals surface area contributed by atoms with Crippen LogP contribution in [0.2, 0.25) is 0 Å². The van der Waals surface area contributed by atoms with Crippen molar-refractivity contribution in [2.24, 2.45) is 0 Å². The Hall–Kier alpha value is -0.860. The van der Waals surface area contributed by atoms with Crippen molar-refractivity contribution in [2.75, 3.05) is 13.2 Å². The summed E-state index contributed by atoms with van der Waals surface area (Å²) in [5.74, 6) is 0. The summed E-state index contributed by atoms with van der Waals surface area (Å²) in [6.07, 6.45) is 2.90. The van der Waals surface area contributed by atoms with Gasteiger partial charge >= 0.3 is 0 Å². The Morgan fingerprint density at radius 2 is 2.07 bits per heavy atom. The smallest absolute Gasteiger partial charge is 0.111 e. The van der Waals surface area contributed by atoms with Crippen molar-refractivity contribution in [3.8, 4) is 0 Å². The summed E-state index contributed by atoms with van der Waals surface area (Å²) in [6.45, 7) is 2.07. The predicted molar refractivity (Wildman–Crippen MR) is 54.9 cm³/mol. The van der Waals surface area contributed by atoms with Gasteiger partial charge in [0.25, 0.3) is 0 Å². The Labute approximate surface area is 84.5 Å². The summed E-state index contributed by atoms with van der Waals surface area (Å²) in [4.78, 5) is 2.50. The van der Waals surface area contributed by atoms with Gasteiger partial charge in [0.05, 0.1) is 12.6 Å². The molecule has 0 saturated carbocycles. The minimum Gasteiger partial charge on any atom is -0.361 e.